The van der Waals surface area contributed by atoms with Crippen molar-refractivity contribution in [1.82, 2.24) is 14.8 Å². The van der Waals surface area contributed by atoms with E-state index in [1.807, 2.05) is 6.92 Å². The normalized spacial score (nSPS) is 12.9. The van der Waals surface area contributed by atoms with Crippen molar-refractivity contribution in [2.45, 2.75) is 20.4 Å². The van der Waals surface area contributed by atoms with Gasteiger partial charge in [-0.15, -0.1) is 10.2 Å². The Morgan fingerprint density at radius 2 is 2.13 bits per heavy atom. The number of rotatable bonds is 0. The summed E-state index contributed by atoms with van der Waals surface area (Å²) >= 11 is 0. The average Bonchev–Trinajstić information content (AvgIpc) is 2.61. The molecule has 0 bridgehead atoms. The Morgan fingerprint density at radius 3 is 3.00 bits per heavy atom. The lowest BCUT2D eigenvalue weighted by molar-refractivity contribution is 0.847. The van der Waals surface area contributed by atoms with Gasteiger partial charge in [-0.3, -0.25) is 4.57 Å². The van der Waals surface area contributed by atoms with Gasteiger partial charge in [-0.2, -0.15) is 0 Å². The van der Waals surface area contributed by atoms with Gasteiger partial charge in [0.15, 0.2) is 5.82 Å². The fraction of sp³-hybridized carbons (Fsp3) is 0.273. The van der Waals surface area contributed by atoms with E-state index >= 15 is 0 Å². The van der Waals surface area contributed by atoms with Gasteiger partial charge in [-0.05, 0) is 25.5 Å². The van der Waals surface area contributed by atoms with Crippen LogP contribution in [0.2, 0.25) is 0 Å². The van der Waals surface area contributed by atoms with Crippen LogP contribution in [0.3, 0.4) is 0 Å². The number of para-hydroxylation sites is 1. The van der Waals surface area contributed by atoms with Crippen molar-refractivity contribution in [3.05, 3.63) is 35.4 Å². The van der Waals surface area contributed by atoms with Gasteiger partial charge in [0.1, 0.15) is 5.82 Å². The summed E-state index contributed by atoms with van der Waals surface area (Å²) in [6, 6.07) is 6.26. The van der Waals surface area contributed by atoms with Crippen LogP contribution in [-0.2, 0) is 6.54 Å². The van der Waals surface area contributed by atoms with Crippen LogP contribution in [0.5, 0.6) is 0 Å². The van der Waals surface area contributed by atoms with Crippen molar-refractivity contribution in [2.75, 3.05) is 5.32 Å². The molecular weight excluding hydrogens is 188 g/mol. The number of nitrogens with one attached hydrogen (secondary N) is 1. The molecule has 2 heterocycles. The molecule has 2 aromatic rings. The second-order valence-corrected chi connectivity index (χ2v) is 3.82. The Morgan fingerprint density at radius 1 is 1.27 bits per heavy atom. The fourth-order valence-corrected chi connectivity index (χ4v) is 2.07. The van der Waals surface area contributed by atoms with Gasteiger partial charge in [0.05, 0.1) is 17.9 Å². The van der Waals surface area contributed by atoms with Crippen LogP contribution < -0.4 is 5.32 Å². The van der Waals surface area contributed by atoms with E-state index in [9.17, 15) is 0 Å². The molecular formula is C11H12N4. The number of aromatic nitrogens is 3. The van der Waals surface area contributed by atoms with E-state index < -0.39 is 0 Å². The molecule has 76 valence electrons. The van der Waals surface area contributed by atoms with E-state index in [0.717, 1.165) is 23.9 Å². The Balaban J connectivity index is 2.33. The molecule has 0 saturated carbocycles. The summed E-state index contributed by atoms with van der Waals surface area (Å²) in [5.74, 6) is 1.92. The molecule has 0 saturated heterocycles. The van der Waals surface area contributed by atoms with E-state index in [1.165, 1.54) is 11.3 Å². The van der Waals surface area contributed by atoms with Crippen molar-refractivity contribution < 1.29 is 0 Å². The number of fused-ring (bicyclic) bond motifs is 3. The smallest absolute Gasteiger partial charge is 0.157 e. The standard InChI is InChI=1S/C11H12N4/c1-7-4-3-5-9-11(7)12-6-10-14-13-8(2)15(9)10/h3-5,12H,6H2,1-2H3. The minimum absolute atomic E-state index is 0.749. The summed E-state index contributed by atoms with van der Waals surface area (Å²) in [6.07, 6.45) is 0. The van der Waals surface area contributed by atoms with Crippen LogP contribution in [0.15, 0.2) is 18.2 Å². The zero-order valence-corrected chi connectivity index (χ0v) is 8.78. The topological polar surface area (TPSA) is 42.7 Å². The number of anilines is 1. The first-order valence-corrected chi connectivity index (χ1v) is 5.02. The van der Waals surface area contributed by atoms with Gasteiger partial charge in [-0.25, -0.2) is 0 Å². The summed E-state index contributed by atoms with van der Waals surface area (Å²) < 4.78 is 2.11. The zero-order valence-electron chi connectivity index (χ0n) is 8.78. The van der Waals surface area contributed by atoms with Crippen molar-refractivity contribution in [3.8, 4) is 5.69 Å². The van der Waals surface area contributed by atoms with Gasteiger partial charge in [0.25, 0.3) is 0 Å². The Labute approximate surface area is 88.0 Å². The fourth-order valence-electron chi connectivity index (χ4n) is 2.07. The van der Waals surface area contributed by atoms with Crippen molar-refractivity contribution in [1.29, 1.82) is 0 Å². The molecule has 0 aliphatic carbocycles. The molecule has 1 aromatic carbocycles. The van der Waals surface area contributed by atoms with Gasteiger partial charge < -0.3 is 5.32 Å². The van der Waals surface area contributed by atoms with E-state index in [1.54, 1.807) is 0 Å². The molecule has 3 rings (SSSR count). The third-order valence-electron chi connectivity index (χ3n) is 2.81. The zero-order chi connectivity index (χ0) is 10.4. The second kappa shape index (κ2) is 2.82. The van der Waals surface area contributed by atoms with E-state index in [4.69, 9.17) is 0 Å². The first kappa shape index (κ1) is 8.47. The monoisotopic (exact) mass is 200 g/mol. The van der Waals surface area contributed by atoms with Gasteiger partial charge >= 0.3 is 0 Å². The maximum absolute atomic E-state index is 4.14. The van der Waals surface area contributed by atoms with Crippen molar-refractivity contribution in [2.24, 2.45) is 0 Å². The van der Waals surface area contributed by atoms with Crippen LogP contribution in [0.25, 0.3) is 5.69 Å². The third kappa shape index (κ3) is 1.08. The minimum Gasteiger partial charge on any atom is -0.376 e. The van der Waals surface area contributed by atoms with E-state index in [2.05, 4.69) is 45.2 Å². The lowest BCUT2D eigenvalue weighted by atomic mass is 10.1. The molecule has 0 fully saturated rings. The predicted molar refractivity (Wildman–Crippen MR) is 58.2 cm³/mol. The lowest BCUT2D eigenvalue weighted by Gasteiger charge is -2.21. The van der Waals surface area contributed by atoms with Crippen LogP contribution in [0.4, 0.5) is 5.69 Å². The average molecular weight is 200 g/mol. The third-order valence-corrected chi connectivity index (χ3v) is 2.81. The van der Waals surface area contributed by atoms with Crippen LogP contribution >= 0.6 is 0 Å². The number of benzene rings is 1. The number of hydrogen-bond donors (Lipinski definition) is 1. The van der Waals surface area contributed by atoms with Crippen molar-refractivity contribution >= 4 is 5.69 Å². The Hall–Kier alpha value is -1.84. The first-order chi connectivity index (χ1) is 7.27. The molecule has 15 heavy (non-hydrogen) atoms. The largest absolute Gasteiger partial charge is 0.376 e. The molecule has 0 amide bonds. The SMILES string of the molecule is Cc1cccc2c1NCc1nnc(C)n1-2. The molecule has 0 unspecified atom stereocenters. The van der Waals surface area contributed by atoms with Crippen LogP contribution in [0, 0.1) is 13.8 Å². The molecule has 1 N–H and O–H groups in total. The molecule has 1 aliphatic heterocycles. The highest BCUT2D eigenvalue weighted by atomic mass is 15.3. The van der Waals surface area contributed by atoms with E-state index in [-0.39, 0.29) is 0 Å². The molecule has 0 radical (unpaired) electrons. The van der Waals surface area contributed by atoms with Crippen LogP contribution in [-0.4, -0.2) is 14.8 Å². The summed E-state index contributed by atoms with van der Waals surface area (Å²) in [5.41, 5.74) is 3.60. The molecule has 4 heteroatoms. The Kier molecular flexibility index (Phi) is 1.59. The second-order valence-electron chi connectivity index (χ2n) is 3.82. The number of nitrogens with zero attached hydrogens (tertiary/aromatic N) is 3. The van der Waals surface area contributed by atoms with E-state index in [0.29, 0.717) is 0 Å². The molecule has 1 aromatic heterocycles. The Bertz CT molecular complexity index is 527. The number of aryl methyl sites for hydroxylation is 2. The van der Waals surface area contributed by atoms with Gasteiger partial charge in [0, 0.05) is 0 Å². The highest BCUT2D eigenvalue weighted by Gasteiger charge is 2.19. The lowest BCUT2D eigenvalue weighted by Crippen LogP contribution is -2.17. The molecule has 0 spiro atoms. The van der Waals surface area contributed by atoms with Crippen molar-refractivity contribution in [3.63, 3.8) is 0 Å². The van der Waals surface area contributed by atoms with Gasteiger partial charge in [0.2, 0.25) is 0 Å². The predicted octanol–water partition coefficient (Wildman–Crippen LogP) is 1.81. The highest BCUT2D eigenvalue weighted by molar-refractivity contribution is 5.67. The van der Waals surface area contributed by atoms with Gasteiger partial charge in [-0.1, -0.05) is 12.1 Å². The molecule has 0 atom stereocenters. The maximum atomic E-state index is 4.14. The summed E-state index contributed by atoms with van der Waals surface area (Å²) in [5, 5.41) is 11.6. The quantitative estimate of drug-likeness (QED) is 0.705. The maximum Gasteiger partial charge on any atom is 0.157 e. The summed E-state index contributed by atoms with van der Waals surface area (Å²) in [6.45, 7) is 4.84. The van der Waals surface area contributed by atoms with Crippen LogP contribution in [0.1, 0.15) is 17.2 Å². The number of hydrogen-bond acceptors (Lipinski definition) is 3. The summed E-state index contributed by atoms with van der Waals surface area (Å²) in [7, 11) is 0. The molecule has 1 aliphatic rings. The summed E-state index contributed by atoms with van der Waals surface area (Å²) in [4.78, 5) is 0. The minimum atomic E-state index is 0.749. The highest BCUT2D eigenvalue weighted by Crippen LogP contribution is 2.29. The first-order valence-electron chi connectivity index (χ1n) is 5.02. The molecule has 4 nitrogen and oxygen atoms in total.